The van der Waals surface area contributed by atoms with Crippen LogP contribution in [-0.2, 0) is 32.6 Å². The summed E-state index contributed by atoms with van der Waals surface area (Å²) in [7, 11) is -3.67. The molecule has 1 fully saturated rings. The van der Waals surface area contributed by atoms with Crippen LogP contribution in [0.3, 0.4) is 0 Å². The summed E-state index contributed by atoms with van der Waals surface area (Å²) in [6.45, 7) is 1.89. The van der Waals surface area contributed by atoms with Gasteiger partial charge in [0.25, 0.3) is 0 Å². The van der Waals surface area contributed by atoms with E-state index in [1.54, 1.807) is 48.2 Å². The Labute approximate surface area is 275 Å². The Kier molecular flexibility index (Phi) is 12.0. The lowest BCUT2D eigenvalue weighted by Gasteiger charge is -2.33. The van der Waals surface area contributed by atoms with Crippen LogP contribution in [0.2, 0.25) is 15.1 Å². The monoisotopic (exact) mass is 677 g/mol. The molecule has 0 bridgehead atoms. The van der Waals surface area contributed by atoms with Gasteiger partial charge in [-0.3, -0.25) is 13.9 Å². The molecule has 3 aromatic rings. The van der Waals surface area contributed by atoms with Crippen LogP contribution in [0.15, 0.2) is 66.7 Å². The highest BCUT2D eigenvalue weighted by Crippen LogP contribution is 2.29. The van der Waals surface area contributed by atoms with Crippen molar-refractivity contribution in [2.45, 2.75) is 70.5 Å². The topological polar surface area (TPSA) is 86.8 Å². The van der Waals surface area contributed by atoms with Gasteiger partial charge in [-0.1, -0.05) is 90.1 Å². The molecule has 4 rings (SSSR count). The Morgan fingerprint density at radius 2 is 1.61 bits per heavy atom. The SMILES string of the molecule is Cc1ccc(Cl)cc1N(CCCC(=O)N(Cc1c(Cl)cccc1Cl)[C@@H](Cc1ccccc1)C(=O)NC1CCCC1)S(C)(=O)=O. The first kappa shape index (κ1) is 34.1. The number of hydrogen-bond donors (Lipinski definition) is 1. The van der Waals surface area contributed by atoms with Crippen molar-refractivity contribution in [3.05, 3.63) is 98.5 Å². The normalized spacial score (nSPS) is 14.3. The van der Waals surface area contributed by atoms with Crippen LogP contribution in [0.4, 0.5) is 5.69 Å². The average Bonchev–Trinajstić information content (AvgIpc) is 3.48. The minimum absolute atomic E-state index is 0.00426. The van der Waals surface area contributed by atoms with Crippen molar-refractivity contribution in [1.82, 2.24) is 10.2 Å². The molecule has 236 valence electrons. The second-order valence-corrected chi connectivity index (χ2v) is 14.4. The average molecular weight is 679 g/mol. The van der Waals surface area contributed by atoms with E-state index in [1.807, 2.05) is 30.3 Å². The molecule has 0 heterocycles. The highest BCUT2D eigenvalue weighted by molar-refractivity contribution is 7.92. The first-order chi connectivity index (χ1) is 20.9. The van der Waals surface area contributed by atoms with E-state index in [9.17, 15) is 18.0 Å². The van der Waals surface area contributed by atoms with Crippen molar-refractivity contribution in [3.63, 3.8) is 0 Å². The molecule has 1 N–H and O–H groups in total. The van der Waals surface area contributed by atoms with Crippen LogP contribution in [0.25, 0.3) is 0 Å². The Balaban J connectivity index is 1.63. The van der Waals surface area contributed by atoms with Crippen molar-refractivity contribution >= 4 is 62.3 Å². The number of nitrogens with one attached hydrogen (secondary N) is 1. The third kappa shape index (κ3) is 9.13. The van der Waals surface area contributed by atoms with E-state index < -0.39 is 16.1 Å². The lowest BCUT2D eigenvalue weighted by atomic mass is 10.0. The molecular weight excluding hydrogens is 641 g/mol. The van der Waals surface area contributed by atoms with Crippen molar-refractivity contribution in [1.29, 1.82) is 0 Å². The molecule has 1 saturated carbocycles. The molecule has 0 aromatic heterocycles. The molecule has 11 heteroatoms. The lowest BCUT2D eigenvalue weighted by molar-refractivity contribution is -0.141. The van der Waals surface area contributed by atoms with Gasteiger partial charge in [0.1, 0.15) is 6.04 Å². The molecule has 1 atom stereocenters. The van der Waals surface area contributed by atoms with Crippen molar-refractivity contribution in [3.8, 4) is 0 Å². The van der Waals surface area contributed by atoms with Gasteiger partial charge in [-0.25, -0.2) is 8.42 Å². The van der Waals surface area contributed by atoms with Crippen LogP contribution in [0.1, 0.15) is 55.2 Å². The molecule has 0 spiro atoms. The van der Waals surface area contributed by atoms with Crippen LogP contribution >= 0.6 is 34.8 Å². The summed E-state index contributed by atoms with van der Waals surface area (Å²) in [6.07, 6.45) is 5.54. The first-order valence-corrected chi connectivity index (χ1v) is 17.7. The molecule has 2 amide bonds. The molecular formula is C33H38Cl3N3O4S. The fourth-order valence-electron chi connectivity index (χ4n) is 5.61. The fourth-order valence-corrected chi connectivity index (χ4v) is 7.31. The Morgan fingerprint density at radius 1 is 0.955 bits per heavy atom. The van der Waals surface area contributed by atoms with Crippen LogP contribution in [0.5, 0.6) is 0 Å². The number of carbonyl (C=O) groups excluding carboxylic acids is 2. The van der Waals surface area contributed by atoms with Gasteiger partial charge in [0.05, 0.1) is 11.9 Å². The number of aryl methyl sites for hydroxylation is 1. The van der Waals surface area contributed by atoms with Gasteiger partial charge in [-0.05, 0) is 61.6 Å². The summed E-state index contributed by atoms with van der Waals surface area (Å²) in [6, 6.07) is 19.0. The summed E-state index contributed by atoms with van der Waals surface area (Å²) in [5.74, 6) is -0.538. The number of nitrogens with zero attached hydrogens (tertiary/aromatic N) is 2. The minimum atomic E-state index is -3.67. The van der Waals surface area contributed by atoms with E-state index >= 15 is 0 Å². The maximum atomic E-state index is 14.1. The van der Waals surface area contributed by atoms with Gasteiger partial charge < -0.3 is 10.2 Å². The summed E-state index contributed by atoms with van der Waals surface area (Å²) < 4.78 is 26.9. The summed E-state index contributed by atoms with van der Waals surface area (Å²) in [4.78, 5) is 29.6. The Bertz CT molecular complexity index is 1540. The van der Waals surface area contributed by atoms with Crippen LogP contribution in [-0.4, -0.2) is 50.0 Å². The Morgan fingerprint density at radius 3 is 2.25 bits per heavy atom. The van der Waals surface area contributed by atoms with E-state index in [2.05, 4.69) is 5.32 Å². The number of rotatable bonds is 13. The summed E-state index contributed by atoms with van der Waals surface area (Å²) in [5, 5.41) is 4.38. The van der Waals surface area contributed by atoms with Crippen LogP contribution < -0.4 is 9.62 Å². The summed E-state index contributed by atoms with van der Waals surface area (Å²) >= 11 is 19.3. The molecule has 0 aliphatic heterocycles. The molecule has 1 aliphatic rings. The number of amides is 2. The largest absolute Gasteiger partial charge is 0.352 e. The van der Waals surface area contributed by atoms with E-state index in [0.717, 1.165) is 43.1 Å². The first-order valence-electron chi connectivity index (χ1n) is 14.7. The molecule has 0 unspecified atom stereocenters. The van der Waals surface area contributed by atoms with Gasteiger partial charge >= 0.3 is 0 Å². The Hall–Kier alpha value is -2.78. The second kappa shape index (κ2) is 15.5. The standard InChI is InChI=1S/C33H38Cl3N3O4S/c1-23-17-18-25(34)21-30(23)39(44(2,42)43)19-9-16-32(40)38(22-27-28(35)14-8-15-29(27)36)31(20-24-10-4-3-5-11-24)33(41)37-26-12-6-7-13-26/h3-5,8,10-11,14-15,17-18,21,26,31H,6-7,9,12-13,16,19-20,22H2,1-2H3,(H,37,41)/t31-/m0/s1. The minimum Gasteiger partial charge on any atom is -0.352 e. The summed E-state index contributed by atoms with van der Waals surface area (Å²) in [5.41, 5.74) is 2.66. The number of anilines is 1. The van der Waals surface area contributed by atoms with Gasteiger partial charge in [-0.15, -0.1) is 0 Å². The zero-order valence-corrected chi connectivity index (χ0v) is 28.0. The number of hydrogen-bond acceptors (Lipinski definition) is 4. The number of halogens is 3. The number of carbonyl (C=O) groups is 2. The van der Waals surface area contributed by atoms with Gasteiger partial charge in [-0.2, -0.15) is 0 Å². The molecule has 44 heavy (non-hydrogen) atoms. The predicted molar refractivity (Wildman–Crippen MR) is 179 cm³/mol. The maximum absolute atomic E-state index is 14.1. The third-order valence-electron chi connectivity index (χ3n) is 7.95. The maximum Gasteiger partial charge on any atom is 0.243 e. The van der Waals surface area contributed by atoms with Crippen molar-refractivity contribution in [2.24, 2.45) is 0 Å². The fraction of sp³-hybridized carbons (Fsp3) is 0.394. The molecule has 0 radical (unpaired) electrons. The zero-order chi connectivity index (χ0) is 31.9. The third-order valence-corrected chi connectivity index (χ3v) is 10.1. The van der Waals surface area contributed by atoms with E-state index in [0.29, 0.717) is 32.7 Å². The second-order valence-electron chi connectivity index (χ2n) is 11.3. The van der Waals surface area contributed by atoms with Crippen molar-refractivity contribution < 1.29 is 18.0 Å². The van der Waals surface area contributed by atoms with Gasteiger partial charge in [0, 0.05) is 52.6 Å². The predicted octanol–water partition coefficient (Wildman–Crippen LogP) is 7.20. The quantitative estimate of drug-likeness (QED) is 0.207. The molecule has 3 aromatic carbocycles. The highest BCUT2D eigenvalue weighted by atomic mass is 35.5. The smallest absolute Gasteiger partial charge is 0.243 e. The van der Waals surface area contributed by atoms with Gasteiger partial charge in [0.15, 0.2) is 0 Å². The molecule has 1 aliphatic carbocycles. The highest BCUT2D eigenvalue weighted by Gasteiger charge is 2.33. The van der Waals surface area contributed by atoms with E-state index in [1.165, 1.54) is 4.31 Å². The van der Waals surface area contributed by atoms with Gasteiger partial charge in [0.2, 0.25) is 21.8 Å². The van der Waals surface area contributed by atoms with E-state index in [4.69, 9.17) is 34.8 Å². The van der Waals surface area contributed by atoms with E-state index in [-0.39, 0.29) is 43.8 Å². The number of benzene rings is 3. The van der Waals surface area contributed by atoms with Crippen molar-refractivity contribution in [2.75, 3.05) is 17.1 Å². The molecule has 7 nitrogen and oxygen atoms in total. The zero-order valence-electron chi connectivity index (χ0n) is 24.9. The molecule has 0 saturated heterocycles. The lowest BCUT2D eigenvalue weighted by Crippen LogP contribution is -2.52. The number of sulfonamides is 1. The van der Waals surface area contributed by atoms with Crippen LogP contribution in [0, 0.1) is 6.92 Å².